The van der Waals surface area contributed by atoms with Crippen molar-refractivity contribution in [3.8, 4) is 0 Å². The van der Waals surface area contributed by atoms with Crippen LogP contribution in [0.15, 0.2) is 29.2 Å². The van der Waals surface area contributed by atoms with Crippen LogP contribution in [-0.2, 0) is 0 Å². The molecular weight excluding hydrogens is 185 g/mol. The maximum atomic E-state index is 12.7. The molecule has 0 bridgehead atoms. The third-order valence-electron chi connectivity index (χ3n) is 1.78. The Bertz CT molecular complexity index is 265. The summed E-state index contributed by atoms with van der Waals surface area (Å²) in [4.78, 5) is 0.948. The van der Waals surface area contributed by atoms with Crippen molar-refractivity contribution >= 4 is 11.8 Å². The van der Waals surface area contributed by atoms with Crippen LogP contribution in [0.2, 0.25) is 0 Å². The maximum absolute atomic E-state index is 12.7. The summed E-state index contributed by atoms with van der Waals surface area (Å²) in [7, 11) is 0. The molecule has 1 atom stereocenters. The van der Waals surface area contributed by atoms with Crippen molar-refractivity contribution in [1.82, 2.24) is 0 Å². The zero-order valence-electron chi connectivity index (χ0n) is 7.66. The van der Waals surface area contributed by atoms with Crippen molar-refractivity contribution in [3.05, 3.63) is 30.1 Å². The van der Waals surface area contributed by atoms with Crippen molar-refractivity contribution in [3.63, 3.8) is 0 Å². The Morgan fingerprint density at radius 1 is 1.54 bits per heavy atom. The van der Waals surface area contributed by atoms with Crippen LogP contribution in [0.4, 0.5) is 4.39 Å². The van der Waals surface area contributed by atoms with E-state index in [1.54, 1.807) is 17.8 Å². The molecule has 0 aromatic heterocycles. The highest BCUT2D eigenvalue weighted by molar-refractivity contribution is 7.99. The van der Waals surface area contributed by atoms with Gasteiger partial charge in [-0.2, -0.15) is 0 Å². The van der Waals surface area contributed by atoms with E-state index in [2.05, 4.69) is 6.92 Å². The molecule has 72 valence electrons. The first-order chi connectivity index (χ1) is 6.22. The Morgan fingerprint density at radius 3 is 2.92 bits per heavy atom. The van der Waals surface area contributed by atoms with Crippen molar-refractivity contribution in [2.75, 3.05) is 5.75 Å². The average molecular weight is 199 g/mol. The van der Waals surface area contributed by atoms with Crippen molar-refractivity contribution in [1.29, 1.82) is 0 Å². The molecule has 0 fully saturated rings. The van der Waals surface area contributed by atoms with Gasteiger partial charge in [0.05, 0.1) is 0 Å². The highest BCUT2D eigenvalue weighted by Gasteiger charge is 2.00. The molecule has 2 N–H and O–H groups in total. The molecule has 0 unspecified atom stereocenters. The number of halogens is 1. The second kappa shape index (κ2) is 5.25. The van der Waals surface area contributed by atoms with Crippen LogP contribution in [0.5, 0.6) is 0 Å². The fraction of sp³-hybridized carbons (Fsp3) is 0.400. The normalized spacial score (nSPS) is 12.8. The molecule has 0 spiro atoms. The largest absolute Gasteiger partial charge is 0.327 e. The van der Waals surface area contributed by atoms with E-state index in [1.807, 2.05) is 6.07 Å². The predicted octanol–water partition coefficient (Wildman–Crippen LogP) is 2.66. The van der Waals surface area contributed by atoms with Gasteiger partial charge < -0.3 is 5.73 Å². The number of benzene rings is 1. The minimum absolute atomic E-state index is 0.185. The lowest BCUT2D eigenvalue weighted by Crippen LogP contribution is -2.21. The Kier molecular flexibility index (Phi) is 4.25. The van der Waals surface area contributed by atoms with Crippen LogP contribution in [-0.4, -0.2) is 11.8 Å². The van der Waals surface area contributed by atoms with E-state index in [0.717, 1.165) is 17.1 Å². The zero-order chi connectivity index (χ0) is 9.68. The van der Waals surface area contributed by atoms with E-state index >= 15 is 0 Å². The molecule has 0 amide bonds. The lowest BCUT2D eigenvalue weighted by Gasteiger charge is -2.07. The molecule has 3 heteroatoms. The summed E-state index contributed by atoms with van der Waals surface area (Å²) in [5.41, 5.74) is 5.74. The summed E-state index contributed by atoms with van der Waals surface area (Å²) in [6, 6.07) is 6.80. The molecule has 0 saturated heterocycles. The number of hydrogen-bond acceptors (Lipinski definition) is 2. The van der Waals surface area contributed by atoms with Crippen molar-refractivity contribution < 1.29 is 4.39 Å². The van der Waals surface area contributed by atoms with Crippen LogP contribution in [0, 0.1) is 5.82 Å². The van der Waals surface area contributed by atoms with Crippen LogP contribution in [0.1, 0.15) is 13.3 Å². The van der Waals surface area contributed by atoms with Gasteiger partial charge in [0, 0.05) is 16.7 Å². The number of thioether (sulfide) groups is 1. The minimum Gasteiger partial charge on any atom is -0.327 e. The maximum Gasteiger partial charge on any atom is 0.124 e. The fourth-order valence-corrected chi connectivity index (χ4v) is 1.89. The van der Waals surface area contributed by atoms with Gasteiger partial charge in [-0.1, -0.05) is 13.0 Å². The summed E-state index contributed by atoms with van der Waals surface area (Å²) in [5, 5.41) is 0. The van der Waals surface area contributed by atoms with Gasteiger partial charge in [0.1, 0.15) is 5.82 Å². The summed E-state index contributed by atoms with van der Waals surface area (Å²) < 4.78 is 12.7. The second-order valence-corrected chi connectivity index (χ2v) is 4.03. The van der Waals surface area contributed by atoms with E-state index in [4.69, 9.17) is 5.73 Å². The summed E-state index contributed by atoms with van der Waals surface area (Å²) in [5.74, 6) is 0.662. The molecule has 1 rings (SSSR count). The Balaban J connectivity index is 2.45. The first kappa shape index (κ1) is 10.5. The smallest absolute Gasteiger partial charge is 0.124 e. The van der Waals surface area contributed by atoms with Crippen LogP contribution < -0.4 is 5.73 Å². The molecule has 0 aliphatic heterocycles. The van der Waals surface area contributed by atoms with Crippen LogP contribution in [0.3, 0.4) is 0 Å². The molecule has 1 aromatic rings. The molecule has 0 radical (unpaired) electrons. The van der Waals surface area contributed by atoms with E-state index in [9.17, 15) is 4.39 Å². The minimum atomic E-state index is -0.185. The van der Waals surface area contributed by atoms with Gasteiger partial charge in [0.2, 0.25) is 0 Å². The van der Waals surface area contributed by atoms with E-state index in [0.29, 0.717) is 0 Å². The quantitative estimate of drug-likeness (QED) is 0.754. The van der Waals surface area contributed by atoms with Gasteiger partial charge in [-0.25, -0.2) is 4.39 Å². The number of nitrogens with two attached hydrogens (primary N) is 1. The van der Waals surface area contributed by atoms with Crippen molar-refractivity contribution in [2.24, 2.45) is 5.73 Å². The van der Waals surface area contributed by atoms with Gasteiger partial charge in [-0.15, -0.1) is 11.8 Å². The van der Waals surface area contributed by atoms with Gasteiger partial charge >= 0.3 is 0 Å². The first-order valence-electron chi connectivity index (χ1n) is 4.36. The van der Waals surface area contributed by atoms with E-state index in [-0.39, 0.29) is 11.9 Å². The van der Waals surface area contributed by atoms with E-state index < -0.39 is 0 Å². The topological polar surface area (TPSA) is 26.0 Å². The number of hydrogen-bond donors (Lipinski definition) is 1. The standard InChI is InChI=1S/C10H14FNS/c1-2-9(12)7-13-10-5-3-4-8(11)6-10/h3-6,9H,2,7,12H2,1H3/t9-/m1/s1. The van der Waals surface area contributed by atoms with Gasteiger partial charge in [0.25, 0.3) is 0 Å². The highest BCUT2D eigenvalue weighted by Crippen LogP contribution is 2.19. The Morgan fingerprint density at radius 2 is 2.31 bits per heavy atom. The second-order valence-electron chi connectivity index (χ2n) is 2.94. The first-order valence-corrected chi connectivity index (χ1v) is 5.35. The molecule has 0 saturated carbocycles. The molecular formula is C10H14FNS. The molecule has 1 nitrogen and oxygen atoms in total. The summed E-state index contributed by atoms with van der Waals surface area (Å²) in [6.07, 6.45) is 0.961. The fourth-order valence-electron chi connectivity index (χ4n) is 0.878. The van der Waals surface area contributed by atoms with Crippen LogP contribution in [0.25, 0.3) is 0 Å². The summed E-state index contributed by atoms with van der Waals surface area (Å²) >= 11 is 1.60. The van der Waals surface area contributed by atoms with Gasteiger partial charge in [-0.05, 0) is 24.6 Å². The Labute approximate surface area is 82.5 Å². The molecule has 0 heterocycles. The zero-order valence-corrected chi connectivity index (χ0v) is 8.48. The SMILES string of the molecule is CC[C@@H](N)CSc1cccc(F)c1. The van der Waals surface area contributed by atoms with Gasteiger partial charge in [-0.3, -0.25) is 0 Å². The average Bonchev–Trinajstić information content (AvgIpc) is 2.14. The third-order valence-corrected chi connectivity index (χ3v) is 2.97. The van der Waals surface area contributed by atoms with Gasteiger partial charge in [0.15, 0.2) is 0 Å². The molecule has 1 aromatic carbocycles. The molecule has 13 heavy (non-hydrogen) atoms. The third kappa shape index (κ3) is 3.79. The van der Waals surface area contributed by atoms with Crippen molar-refractivity contribution in [2.45, 2.75) is 24.3 Å². The molecule has 0 aliphatic carbocycles. The van der Waals surface area contributed by atoms with E-state index in [1.165, 1.54) is 12.1 Å². The Hall–Kier alpha value is -0.540. The molecule has 0 aliphatic rings. The lowest BCUT2D eigenvalue weighted by molar-refractivity contribution is 0.624. The summed E-state index contributed by atoms with van der Waals surface area (Å²) in [6.45, 7) is 2.05. The predicted molar refractivity (Wildman–Crippen MR) is 55.4 cm³/mol. The lowest BCUT2D eigenvalue weighted by atomic mass is 10.3. The monoisotopic (exact) mass is 199 g/mol. The van der Waals surface area contributed by atoms with Crippen LogP contribution >= 0.6 is 11.8 Å². The number of rotatable bonds is 4. The highest BCUT2D eigenvalue weighted by atomic mass is 32.2.